The van der Waals surface area contributed by atoms with Crippen LogP contribution in [0.1, 0.15) is 54.6 Å². The Morgan fingerprint density at radius 1 is 1.52 bits per heavy atom. The molecule has 1 atom stereocenters. The molecule has 2 aromatic heterocycles. The Kier molecular flexibility index (Phi) is 4.65. The van der Waals surface area contributed by atoms with E-state index in [1.54, 1.807) is 11.0 Å². The van der Waals surface area contributed by atoms with E-state index < -0.39 is 5.91 Å². The van der Waals surface area contributed by atoms with Crippen molar-refractivity contribution < 1.29 is 9.32 Å². The molecule has 0 saturated carbocycles. The summed E-state index contributed by atoms with van der Waals surface area (Å²) in [5.41, 5.74) is 5.20. The lowest BCUT2D eigenvalue weighted by Crippen LogP contribution is -2.36. The summed E-state index contributed by atoms with van der Waals surface area (Å²) in [4.78, 5) is 21.7. The first-order valence-electron chi connectivity index (χ1n) is 7.90. The molecule has 9 nitrogen and oxygen atoms in total. The third kappa shape index (κ3) is 3.73. The van der Waals surface area contributed by atoms with Crippen molar-refractivity contribution in [2.24, 2.45) is 5.73 Å². The standard InChI is InChI=1S/C14H21N7O2/c1-2-4-12-17-11(19-23-12)8-20-6-3-5-10(7-20)21-9-16-14(18-21)13(15)22/h9-10H,2-8H2,1H3,(H2,15,22)/t10-/m1/s1. The minimum Gasteiger partial charge on any atom is -0.363 e. The van der Waals surface area contributed by atoms with Gasteiger partial charge in [0.05, 0.1) is 12.6 Å². The molecule has 2 aromatic rings. The molecule has 1 aliphatic rings. The van der Waals surface area contributed by atoms with Crippen molar-refractivity contribution in [1.29, 1.82) is 0 Å². The van der Waals surface area contributed by atoms with E-state index in [9.17, 15) is 4.79 Å². The largest absolute Gasteiger partial charge is 0.363 e. The third-order valence-electron chi connectivity index (χ3n) is 3.92. The highest BCUT2D eigenvalue weighted by Gasteiger charge is 2.24. The number of nitrogens with two attached hydrogens (primary N) is 1. The van der Waals surface area contributed by atoms with Gasteiger partial charge in [-0.1, -0.05) is 12.1 Å². The van der Waals surface area contributed by atoms with Gasteiger partial charge >= 0.3 is 0 Å². The van der Waals surface area contributed by atoms with E-state index in [-0.39, 0.29) is 11.9 Å². The van der Waals surface area contributed by atoms with E-state index in [0.717, 1.165) is 38.8 Å². The number of piperidine rings is 1. The number of hydrogen-bond donors (Lipinski definition) is 1. The summed E-state index contributed by atoms with van der Waals surface area (Å²) in [6.07, 6.45) is 5.40. The van der Waals surface area contributed by atoms with Crippen LogP contribution < -0.4 is 5.73 Å². The Balaban J connectivity index is 1.61. The van der Waals surface area contributed by atoms with Crippen LogP contribution in [-0.2, 0) is 13.0 Å². The topological polar surface area (TPSA) is 116 Å². The number of rotatable bonds is 6. The van der Waals surface area contributed by atoms with E-state index in [0.29, 0.717) is 18.3 Å². The Hall–Kier alpha value is -2.29. The summed E-state index contributed by atoms with van der Waals surface area (Å²) >= 11 is 0. The number of carbonyl (C=O) groups excluding carboxylic acids is 1. The summed E-state index contributed by atoms with van der Waals surface area (Å²) in [5, 5.41) is 8.19. The van der Waals surface area contributed by atoms with Crippen molar-refractivity contribution in [3.8, 4) is 0 Å². The molecule has 0 aliphatic carbocycles. The molecule has 0 bridgehead atoms. The van der Waals surface area contributed by atoms with Crippen molar-refractivity contribution in [2.45, 2.75) is 45.2 Å². The number of primary amides is 1. The van der Waals surface area contributed by atoms with Gasteiger partial charge in [-0.05, 0) is 25.8 Å². The molecule has 1 aliphatic heterocycles. The van der Waals surface area contributed by atoms with E-state index >= 15 is 0 Å². The average Bonchev–Trinajstić information content (AvgIpc) is 3.17. The zero-order valence-electron chi connectivity index (χ0n) is 13.2. The minimum atomic E-state index is -0.605. The highest BCUT2D eigenvalue weighted by atomic mass is 16.5. The average molecular weight is 319 g/mol. The summed E-state index contributed by atoms with van der Waals surface area (Å²) in [7, 11) is 0. The van der Waals surface area contributed by atoms with Crippen LogP contribution in [0.5, 0.6) is 0 Å². The van der Waals surface area contributed by atoms with E-state index in [4.69, 9.17) is 10.3 Å². The molecular formula is C14H21N7O2. The van der Waals surface area contributed by atoms with Crippen LogP contribution >= 0.6 is 0 Å². The van der Waals surface area contributed by atoms with Crippen LogP contribution in [0, 0.1) is 0 Å². The second-order valence-electron chi connectivity index (χ2n) is 5.80. The molecule has 1 saturated heterocycles. The number of aryl methyl sites for hydroxylation is 1. The molecule has 124 valence electrons. The smallest absolute Gasteiger partial charge is 0.288 e. The minimum absolute atomic E-state index is 0.0597. The maximum absolute atomic E-state index is 11.1. The zero-order valence-corrected chi connectivity index (χ0v) is 13.2. The van der Waals surface area contributed by atoms with Crippen LogP contribution in [0.3, 0.4) is 0 Å². The van der Waals surface area contributed by atoms with Crippen molar-refractivity contribution in [3.63, 3.8) is 0 Å². The van der Waals surface area contributed by atoms with Crippen LogP contribution in [0.2, 0.25) is 0 Å². The predicted molar refractivity (Wildman–Crippen MR) is 80.4 cm³/mol. The van der Waals surface area contributed by atoms with Gasteiger partial charge in [-0.15, -0.1) is 5.10 Å². The highest BCUT2D eigenvalue weighted by Crippen LogP contribution is 2.21. The lowest BCUT2D eigenvalue weighted by atomic mass is 10.1. The van der Waals surface area contributed by atoms with Gasteiger partial charge in [-0.25, -0.2) is 9.67 Å². The van der Waals surface area contributed by atoms with Gasteiger partial charge in [-0.2, -0.15) is 4.98 Å². The molecule has 0 spiro atoms. The Labute approximate surface area is 133 Å². The monoisotopic (exact) mass is 319 g/mol. The number of nitrogens with zero attached hydrogens (tertiary/aromatic N) is 6. The number of aromatic nitrogens is 5. The molecule has 0 aromatic carbocycles. The van der Waals surface area contributed by atoms with E-state index in [1.165, 1.54) is 0 Å². The molecule has 1 fully saturated rings. The first-order chi connectivity index (χ1) is 11.2. The Morgan fingerprint density at radius 2 is 2.39 bits per heavy atom. The quantitative estimate of drug-likeness (QED) is 0.826. The lowest BCUT2D eigenvalue weighted by molar-refractivity contribution is 0.0988. The third-order valence-corrected chi connectivity index (χ3v) is 3.92. The van der Waals surface area contributed by atoms with Gasteiger partial charge in [-0.3, -0.25) is 9.69 Å². The number of likely N-dealkylation sites (tertiary alicyclic amines) is 1. The predicted octanol–water partition coefficient (Wildman–Crippen LogP) is 0.550. The molecule has 3 rings (SSSR count). The van der Waals surface area contributed by atoms with Gasteiger partial charge in [0.25, 0.3) is 5.91 Å². The fourth-order valence-electron chi connectivity index (χ4n) is 2.82. The summed E-state index contributed by atoms with van der Waals surface area (Å²) < 4.78 is 6.95. The molecule has 3 heterocycles. The van der Waals surface area contributed by atoms with Crippen molar-refractivity contribution >= 4 is 5.91 Å². The Morgan fingerprint density at radius 3 is 3.13 bits per heavy atom. The van der Waals surface area contributed by atoms with Gasteiger partial charge in [0.1, 0.15) is 6.33 Å². The van der Waals surface area contributed by atoms with Crippen LogP contribution in [0.25, 0.3) is 0 Å². The van der Waals surface area contributed by atoms with Gasteiger partial charge < -0.3 is 10.3 Å². The molecule has 9 heteroatoms. The Bertz CT molecular complexity index is 666. The highest BCUT2D eigenvalue weighted by molar-refractivity contribution is 5.88. The van der Waals surface area contributed by atoms with Gasteiger partial charge in [0, 0.05) is 13.0 Å². The lowest BCUT2D eigenvalue weighted by Gasteiger charge is -2.31. The SMILES string of the molecule is CCCc1nc(CN2CCC[C@@H](n3cnc(C(N)=O)n3)C2)no1. The zero-order chi connectivity index (χ0) is 16.2. The molecule has 0 radical (unpaired) electrons. The summed E-state index contributed by atoms with van der Waals surface area (Å²) in [5.74, 6) is 0.861. The molecular weight excluding hydrogens is 298 g/mol. The van der Waals surface area contributed by atoms with Crippen LogP contribution in [0.15, 0.2) is 10.9 Å². The van der Waals surface area contributed by atoms with Gasteiger partial charge in [0.2, 0.25) is 11.7 Å². The fourth-order valence-corrected chi connectivity index (χ4v) is 2.82. The second kappa shape index (κ2) is 6.86. The van der Waals surface area contributed by atoms with Gasteiger partial charge in [0.15, 0.2) is 5.82 Å². The number of carbonyl (C=O) groups is 1. The van der Waals surface area contributed by atoms with Crippen LogP contribution in [0.4, 0.5) is 0 Å². The first-order valence-corrected chi connectivity index (χ1v) is 7.90. The van der Waals surface area contributed by atoms with Crippen LogP contribution in [-0.4, -0.2) is 48.8 Å². The molecule has 0 unspecified atom stereocenters. The van der Waals surface area contributed by atoms with Crippen molar-refractivity contribution in [3.05, 3.63) is 23.9 Å². The summed E-state index contributed by atoms with van der Waals surface area (Å²) in [6, 6.07) is 0.173. The molecule has 1 amide bonds. The van der Waals surface area contributed by atoms with E-state index in [2.05, 4.69) is 32.0 Å². The number of hydrogen-bond acceptors (Lipinski definition) is 7. The van der Waals surface area contributed by atoms with Crippen molar-refractivity contribution in [2.75, 3.05) is 13.1 Å². The first kappa shape index (κ1) is 15.6. The summed E-state index contributed by atoms with van der Waals surface area (Å²) in [6.45, 7) is 4.52. The fraction of sp³-hybridized carbons (Fsp3) is 0.643. The molecule has 23 heavy (non-hydrogen) atoms. The normalized spacial score (nSPS) is 19.1. The van der Waals surface area contributed by atoms with E-state index in [1.807, 2.05) is 0 Å². The second-order valence-corrected chi connectivity index (χ2v) is 5.80. The maximum Gasteiger partial charge on any atom is 0.288 e. The molecule has 2 N–H and O–H groups in total. The van der Waals surface area contributed by atoms with Crippen molar-refractivity contribution in [1.82, 2.24) is 29.8 Å². The number of amides is 1. The maximum atomic E-state index is 11.1.